The number of benzene rings is 1. The predicted octanol–water partition coefficient (Wildman–Crippen LogP) is 4.68. The van der Waals surface area contributed by atoms with Gasteiger partial charge in [0.15, 0.2) is 0 Å². The Bertz CT molecular complexity index is 1080. The van der Waals surface area contributed by atoms with Crippen molar-refractivity contribution in [1.82, 2.24) is 9.88 Å². The summed E-state index contributed by atoms with van der Waals surface area (Å²) in [5, 5.41) is 3.68. The third-order valence-corrected chi connectivity index (χ3v) is 6.47. The molecule has 8 heteroatoms. The first-order valence-corrected chi connectivity index (χ1v) is 11.4. The predicted molar refractivity (Wildman–Crippen MR) is 123 cm³/mol. The van der Waals surface area contributed by atoms with Crippen molar-refractivity contribution in [2.75, 3.05) is 24.1 Å². The first-order chi connectivity index (χ1) is 15.0. The number of nitrogens with zero attached hydrogens (tertiary/aromatic N) is 2. The summed E-state index contributed by atoms with van der Waals surface area (Å²) in [5.74, 6) is -0.412. The molecule has 4 rings (SSSR count). The lowest BCUT2D eigenvalue weighted by molar-refractivity contribution is 0.0164. The molecule has 3 N–H and O–H groups in total. The Labute approximate surface area is 185 Å². The number of hydrogen-bond acceptors (Lipinski definition) is 6. The van der Waals surface area contributed by atoms with Gasteiger partial charge in [-0.15, -0.1) is 11.3 Å². The van der Waals surface area contributed by atoms with Crippen molar-refractivity contribution >= 4 is 44.9 Å². The number of carbonyl (C=O) groups is 2. The zero-order valence-electron chi connectivity index (χ0n) is 17.5. The highest BCUT2D eigenvalue weighted by Crippen LogP contribution is 2.34. The fourth-order valence-corrected chi connectivity index (χ4v) is 4.68. The zero-order valence-corrected chi connectivity index (χ0v) is 18.3. The summed E-state index contributed by atoms with van der Waals surface area (Å²) in [4.78, 5) is 32.7. The topological polar surface area (TPSA) is 97.6 Å². The number of carbonyl (C=O) groups excluding carboxylic acids is 2. The number of amides is 2. The van der Waals surface area contributed by atoms with Crippen LogP contribution >= 0.6 is 11.3 Å². The maximum absolute atomic E-state index is 12.8. The highest BCUT2D eigenvalue weighted by Gasteiger charge is 2.27. The molecular formula is C23H26N4O3S. The average Bonchev–Trinajstić information content (AvgIpc) is 3.11. The van der Waals surface area contributed by atoms with E-state index in [1.807, 2.05) is 42.5 Å². The molecule has 1 aliphatic rings. The molecule has 162 valence electrons. The van der Waals surface area contributed by atoms with Crippen LogP contribution in [0.3, 0.4) is 0 Å². The van der Waals surface area contributed by atoms with Crippen LogP contribution in [0.4, 0.5) is 16.2 Å². The Morgan fingerprint density at radius 2 is 1.94 bits per heavy atom. The number of aryl methyl sites for hydroxylation is 1. The van der Waals surface area contributed by atoms with Crippen LogP contribution in [0.5, 0.6) is 0 Å². The first-order valence-electron chi connectivity index (χ1n) is 10.5. The number of para-hydroxylation sites is 1. The van der Waals surface area contributed by atoms with E-state index < -0.39 is 5.97 Å². The van der Waals surface area contributed by atoms with Gasteiger partial charge in [0, 0.05) is 42.7 Å². The van der Waals surface area contributed by atoms with Crippen LogP contribution in [0, 0.1) is 0 Å². The fourth-order valence-electron chi connectivity index (χ4n) is 3.69. The Hall–Kier alpha value is -3.13. The number of esters is 1. The van der Waals surface area contributed by atoms with Crippen LogP contribution < -0.4 is 11.1 Å². The van der Waals surface area contributed by atoms with Crippen molar-refractivity contribution in [2.45, 2.75) is 38.7 Å². The van der Waals surface area contributed by atoms with Crippen molar-refractivity contribution in [1.29, 1.82) is 0 Å². The largest absolute Gasteiger partial charge is 0.458 e. The zero-order chi connectivity index (χ0) is 21.8. The monoisotopic (exact) mass is 438 g/mol. The molecule has 3 heterocycles. The highest BCUT2D eigenvalue weighted by atomic mass is 32.1. The van der Waals surface area contributed by atoms with Crippen molar-refractivity contribution in [3.63, 3.8) is 0 Å². The Morgan fingerprint density at radius 3 is 2.65 bits per heavy atom. The van der Waals surface area contributed by atoms with Crippen molar-refractivity contribution in [3.05, 3.63) is 53.0 Å². The van der Waals surface area contributed by atoms with Gasteiger partial charge in [0.25, 0.3) is 0 Å². The van der Waals surface area contributed by atoms with Gasteiger partial charge >= 0.3 is 12.0 Å². The van der Waals surface area contributed by atoms with Gasteiger partial charge in [-0.1, -0.05) is 31.5 Å². The summed E-state index contributed by atoms with van der Waals surface area (Å²) in [6, 6.07) is 13.1. The number of nitrogens with one attached hydrogen (secondary N) is 1. The molecule has 31 heavy (non-hydrogen) atoms. The number of thiophene rings is 1. The van der Waals surface area contributed by atoms with Gasteiger partial charge in [0.2, 0.25) is 0 Å². The van der Waals surface area contributed by atoms with E-state index in [-0.39, 0.29) is 12.1 Å². The van der Waals surface area contributed by atoms with Gasteiger partial charge in [0.1, 0.15) is 15.8 Å². The Balaban J connectivity index is 1.34. The lowest BCUT2D eigenvalue weighted by Gasteiger charge is -2.31. The number of nitrogens with two attached hydrogens (primary N) is 1. The number of urea groups is 1. The van der Waals surface area contributed by atoms with E-state index in [0.717, 1.165) is 34.4 Å². The second kappa shape index (κ2) is 9.34. The molecule has 1 fully saturated rings. The van der Waals surface area contributed by atoms with E-state index in [0.29, 0.717) is 36.5 Å². The van der Waals surface area contributed by atoms with Crippen LogP contribution in [-0.4, -0.2) is 41.1 Å². The third-order valence-electron chi connectivity index (χ3n) is 5.37. The van der Waals surface area contributed by atoms with Crippen LogP contribution in [0.1, 0.15) is 41.6 Å². The van der Waals surface area contributed by atoms with Crippen molar-refractivity contribution in [3.8, 4) is 0 Å². The molecule has 1 saturated heterocycles. The molecule has 1 aliphatic heterocycles. The maximum atomic E-state index is 12.8. The molecular weight excluding hydrogens is 412 g/mol. The van der Waals surface area contributed by atoms with Crippen LogP contribution in [0.25, 0.3) is 10.2 Å². The molecule has 0 atom stereocenters. The SMILES string of the molecule is CCCc1ccc2c(N)c(C(=O)OC3CCN(C(=O)Nc4ccccc4)CC3)sc2n1. The minimum absolute atomic E-state index is 0.140. The number of hydrogen-bond donors (Lipinski definition) is 2. The molecule has 2 amide bonds. The number of aromatic nitrogens is 1. The summed E-state index contributed by atoms with van der Waals surface area (Å²) < 4.78 is 5.72. The molecule has 0 bridgehead atoms. The summed E-state index contributed by atoms with van der Waals surface area (Å²) in [5.41, 5.74) is 8.40. The number of piperidine rings is 1. The smallest absolute Gasteiger partial charge is 0.350 e. The highest BCUT2D eigenvalue weighted by molar-refractivity contribution is 7.21. The lowest BCUT2D eigenvalue weighted by atomic mass is 10.1. The Kier molecular flexibility index (Phi) is 6.36. The van der Waals surface area contributed by atoms with Gasteiger partial charge < -0.3 is 20.7 Å². The number of fused-ring (bicyclic) bond motifs is 1. The molecule has 0 saturated carbocycles. The van der Waals surface area contributed by atoms with E-state index in [1.165, 1.54) is 11.3 Å². The quantitative estimate of drug-likeness (QED) is 0.564. The minimum atomic E-state index is -0.412. The summed E-state index contributed by atoms with van der Waals surface area (Å²) in [6.45, 7) is 3.16. The summed E-state index contributed by atoms with van der Waals surface area (Å²) >= 11 is 1.28. The van der Waals surface area contributed by atoms with Crippen molar-refractivity contribution < 1.29 is 14.3 Å². The number of anilines is 2. The number of pyridine rings is 1. The van der Waals surface area contributed by atoms with Crippen molar-refractivity contribution in [2.24, 2.45) is 0 Å². The van der Waals surface area contributed by atoms with E-state index in [9.17, 15) is 9.59 Å². The number of likely N-dealkylation sites (tertiary alicyclic amines) is 1. The molecule has 0 aliphatic carbocycles. The van der Waals surface area contributed by atoms with E-state index in [1.54, 1.807) is 4.90 Å². The van der Waals surface area contributed by atoms with Gasteiger partial charge in [0.05, 0.1) is 5.69 Å². The van der Waals surface area contributed by atoms with E-state index in [4.69, 9.17) is 10.5 Å². The molecule has 0 radical (unpaired) electrons. The minimum Gasteiger partial charge on any atom is -0.458 e. The molecule has 7 nitrogen and oxygen atoms in total. The summed E-state index contributed by atoms with van der Waals surface area (Å²) in [6.07, 6.45) is 2.86. The number of nitrogen functional groups attached to an aromatic ring is 1. The molecule has 0 spiro atoms. The van der Waals surface area contributed by atoms with E-state index in [2.05, 4.69) is 17.2 Å². The van der Waals surface area contributed by atoms with Crippen LogP contribution in [-0.2, 0) is 11.2 Å². The van der Waals surface area contributed by atoms with E-state index >= 15 is 0 Å². The van der Waals surface area contributed by atoms with Gasteiger partial charge in [-0.3, -0.25) is 0 Å². The van der Waals surface area contributed by atoms with Crippen LogP contribution in [0.15, 0.2) is 42.5 Å². The maximum Gasteiger partial charge on any atom is 0.350 e. The number of ether oxygens (including phenoxy) is 1. The second-order valence-corrected chi connectivity index (χ2v) is 8.64. The lowest BCUT2D eigenvalue weighted by Crippen LogP contribution is -2.43. The van der Waals surface area contributed by atoms with Crippen LogP contribution in [0.2, 0.25) is 0 Å². The summed E-state index contributed by atoms with van der Waals surface area (Å²) in [7, 11) is 0. The third kappa shape index (κ3) is 4.80. The number of rotatable bonds is 5. The first kappa shape index (κ1) is 21.1. The standard InChI is InChI=1S/C23H26N4O3S/c1-2-6-15-9-10-18-19(24)20(31-21(18)25-15)22(28)30-17-11-13-27(14-12-17)23(29)26-16-7-4-3-5-8-16/h3-5,7-10,17H,2,6,11-14,24H2,1H3,(H,26,29). The van der Waals surface area contributed by atoms with Gasteiger partial charge in [-0.2, -0.15) is 0 Å². The average molecular weight is 439 g/mol. The normalized spacial score (nSPS) is 14.5. The molecule has 2 aromatic heterocycles. The molecule has 1 aromatic carbocycles. The molecule has 0 unspecified atom stereocenters. The van der Waals surface area contributed by atoms with Gasteiger partial charge in [-0.25, -0.2) is 14.6 Å². The van der Waals surface area contributed by atoms with Gasteiger partial charge in [-0.05, 0) is 30.7 Å². The second-order valence-electron chi connectivity index (χ2n) is 7.64. The Morgan fingerprint density at radius 1 is 1.19 bits per heavy atom. The molecule has 3 aromatic rings. The fraction of sp³-hybridized carbons (Fsp3) is 0.348.